The maximum absolute atomic E-state index is 13.0. The molecule has 38 heavy (non-hydrogen) atoms. The molecule has 2 aliphatic heterocycles. The van der Waals surface area contributed by atoms with Gasteiger partial charge in [-0.05, 0) is 12.5 Å². The van der Waals surface area contributed by atoms with Crippen LogP contribution in [0.3, 0.4) is 0 Å². The van der Waals surface area contributed by atoms with E-state index in [2.05, 4.69) is 25.7 Å². The maximum Gasteiger partial charge on any atom is 0.352 e. The first-order valence-corrected chi connectivity index (χ1v) is 13.8. The van der Waals surface area contributed by atoms with Crippen LogP contribution in [0.5, 0.6) is 5.88 Å². The van der Waals surface area contributed by atoms with Crippen LogP contribution in [-0.2, 0) is 25.8 Å². The van der Waals surface area contributed by atoms with Crippen LogP contribution in [0.2, 0.25) is 4.34 Å². The summed E-state index contributed by atoms with van der Waals surface area (Å²) < 4.78 is 1.31. The number of thiazole rings is 1. The topological polar surface area (TPSA) is 215 Å². The number of hydrogen-bond acceptors (Lipinski definition) is 14. The fraction of sp³-hybridized carbons (Fsp3) is 0.368. The number of oxime groups is 1. The van der Waals surface area contributed by atoms with Gasteiger partial charge in [-0.3, -0.25) is 23.9 Å². The van der Waals surface area contributed by atoms with Gasteiger partial charge in [0.05, 0.1) is 0 Å². The number of fused-ring (bicyclic) bond motifs is 1. The number of β-lactam (4-membered cyclic amide) rings is 1. The molecule has 0 aliphatic carbocycles. The van der Waals surface area contributed by atoms with Crippen molar-refractivity contribution in [3.63, 3.8) is 0 Å². The summed E-state index contributed by atoms with van der Waals surface area (Å²) in [4.78, 5) is 60.0. The standard InChI is InChI=1S/C19H19ClN8O7S3/c1-3-27-15(32)13(30)24-25-19(27)37-5-6-4-36-16-9(14(31)28(16)10(6)17(33)34)22-12(29)8(26-35-2)7-11(20)38-18(21)23-7/h9,16H,3-5H2,1-2H3,(H2,21,23)(H,22,29)(H,24,30)(H,33,34)/t9?,16-/m0/s1. The SMILES string of the molecule is CCn1c(SCC2=C(C(=O)O)N3C(=O)C(NC(=O)C(=NOC)c4nc(N)sc4Cl)[C@@H]3SC2)nnc(O)c1=O. The first-order chi connectivity index (χ1) is 18.1. The molecule has 2 aromatic rings. The lowest BCUT2D eigenvalue weighted by molar-refractivity contribution is -0.150. The molecule has 0 radical (unpaired) electrons. The lowest BCUT2D eigenvalue weighted by Crippen LogP contribution is -2.71. The number of nitrogens with two attached hydrogens (primary N) is 1. The predicted molar refractivity (Wildman–Crippen MR) is 139 cm³/mol. The molecule has 2 aliphatic rings. The van der Waals surface area contributed by atoms with Crippen LogP contribution in [0.15, 0.2) is 26.4 Å². The van der Waals surface area contributed by atoms with Gasteiger partial charge in [0.1, 0.15) is 34.3 Å². The monoisotopic (exact) mass is 602 g/mol. The van der Waals surface area contributed by atoms with Gasteiger partial charge in [0.25, 0.3) is 17.7 Å². The highest BCUT2D eigenvalue weighted by molar-refractivity contribution is 8.01. The molecule has 4 heterocycles. The molecule has 0 bridgehead atoms. The van der Waals surface area contributed by atoms with E-state index in [4.69, 9.17) is 22.2 Å². The number of aliphatic carboxylic acids is 1. The third kappa shape index (κ3) is 5.03. The Labute approximate surface area is 231 Å². The fourth-order valence-corrected chi connectivity index (χ4v) is 7.09. The number of carbonyl (C=O) groups is 3. The molecule has 5 N–H and O–H groups in total. The van der Waals surface area contributed by atoms with Crippen molar-refractivity contribution in [2.24, 2.45) is 5.16 Å². The molecule has 2 atom stereocenters. The van der Waals surface area contributed by atoms with Crippen LogP contribution in [-0.4, -0.2) is 88.4 Å². The van der Waals surface area contributed by atoms with Crippen molar-refractivity contribution >= 4 is 75.1 Å². The number of carboxylic acids is 1. The van der Waals surface area contributed by atoms with Gasteiger partial charge in [-0.1, -0.05) is 39.9 Å². The number of anilines is 1. The summed E-state index contributed by atoms with van der Waals surface area (Å²) in [5.74, 6) is -3.18. The quantitative estimate of drug-likeness (QED) is 0.128. The third-order valence-corrected chi connectivity index (χ3v) is 8.83. The van der Waals surface area contributed by atoms with Crippen molar-refractivity contribution in [1.82, 2.24) is 30.0 Å². The summed E-state index contributed by atoms with van der Waals surface area (Å²) in [6, 6.07) is -1.04. The minimum absolute atomic E-state index is 0.0123. The Bertz CT molecular complexity index is 1440. The average molecular weight is 603 g/mol. The summed E-state index contributed by atoms with van der Waals surface area (Å²) in [6.07, 6.45) is 0. The van der Waals surface area contributed by atoms with E-state index in [9.17, 15) is 29.4 Å². The Morgan fingerprint density at radius 2 is 2.11 bits per heavy atom. The van der Waals surface area contributed by atoms with Crippen molar-refractivity contribution in [1.29, 1.82) is 0 Å². The van der Waals surface area contributed by atoms with E-state index in [0.29, 0.717) is 5.57 Å². The van der Waals surface area contributed by atoms with E-state index in [1.54, 1.807) is 6.92 Å². The minimum Gasteiger partial charge on any atom is -0.488 e. The number of rotatable bonds is 9. The number of carboxylic acid groups (broad SMARTS) is 1. The van der Waals surface area contributed by atoms with Crippen LogP contribution < -0.4 is 16.6 Å². The van der Waals surface area contributed by atoms with Crippen LogP contribution >= 0.6 is 46.5 Å². The summed E-state index contributed by atoms with van der Waals surface area (Å²) in [5.41, 5.74) is 4.82. The Morgan fingerprint density at radius 1 is 1.37 bits per heavy atom. The van der Waals surface area contributed by atoms with Gasteiger partial charge in [0.15, 0.2) is 16.0 Å². The van der Waals surface area contributed by atoms with Gasteiger partial charge in [-0.15, -0.1) is 22.0 Å². The Balaban J connectivity index is 1.53. The molecule has 2 aromatic heterocycles. The van der Waals surface area contributed by atoms with Gasteiger partial charge < -0.3 is 26.1 Å². The first-order valence-electron chi connectivity index (χ1n) is 10.6. The molecule has 19 heteroatoms. The third-order valence-electron chi connectivity index (χ3n) is 5.35. The molecule has 4 rings (SSSR count). The Kier molecular flexibility index (Phi) is 8.14. The smallest absolute Gasteiger partial charge is 0.352 e. The largest absolute Gasteiger partial charge is 0.488 e. The average Bonchev–Trinajstić information content (AvgIpc) is 3.22. The molecule has 202 valence electrons. The second kappa shape index (κ2) is 11.2. The van der Waals surface area contributed by atoms with Crippen molar-refractivity contribution in [2.45, 2.75) is 30.0 Å². The van der Waals surface area contributed by atoms with Crippen molar-refractivity contribution < 1.29 is 29.4 Å². The first kappa shape index (κ1) is 27.7. The summed E-state index contributed by atoms with van der Waals surface area (Å²) in [5, 5.41) is 32.4. The van der Waals surface area contributed by atoms with Gasteiger partial charge in [0, 0.05) is 18.1 Å². The number of halogens is 1. The number of thioether (sulfide) groups is 2. The maximum atomic E-state index is 13.0. The molecule has 0 aromatic carbocycles. The summed E-state index contributed by atoms with van der Waals surface area (Å²) >= 11 is 9.33. The molecule has 0 saturated carbocycles. The lowest BCUT2D eigenvalue weighted by atomic mass is 10.0. The van der Waals surface area contributed by atoms with Crippen LogP contribution in [0.25, 0.3) is 0 Å². The zero-order valence-corrected chi connectivity index (χ0v) is 22.8. The molecule has 2 amide bonds. The number of nitrogens with zero attached hydrogens (tertiary/aromatic N) is 6. The van der Waals surface area contributed by atoms with E-state index in [0.717, 1.165) is 28.0 Å². The summed E-state index contributed by atoms with van der Waals surface area (Å²) in [7, 11) is 1.22. The normalized spacial score (nSPS) is 19.2. The van der Waals surface area contributed by atoms with Crippen LogP contribution in [0, 0.1) is 0 Å². The Morgan fingerprint density at radius 3 is 2.71 bits per heavy atom. The van der Waals surface area contributed by atoms with E-state index < -0.39 is 40.6 Å². The van der Waals surface area contributed by atoms with E-state index in [1.165, 1.54) is 23.4 Å². The van der Waals surface area contributed by atoms with Crippen molar-refractivity contribution in [3.05, 3.63) is 31.7 Å². The predicted octanol–water partition coefficient (Wildman–Crippen LogP) is -0.0627. The van der Waals surface area contributed by atoms with E-state index >= 15 is 0 Å². The fourth-order valence-electron chi connectivity index (χ4n) is 3.68. The highest BCUT2D eigenvalue weighted by Crippen LogP contribution is 2.41. The van der Waals surface area contributed by atoms with Crippen LogP contribution in [0.4, 0.5) is 5.13 Å². The zero-order valence-electron chi connectivity index (χ0n) is 19.6. The number of amides is 2. The number of nitrogen functional groups attached to an aromatic ring is 1. The van der Waals surface area contributed by atoms with Gasteiger partial charge >= 0.3 is 11.5 Å². The second-order valence-electron chi connectivity index (χ2n) is 7.56. The minimum atomic E-state index is -1.32. The molecule has 1 saturated heterocycles. The second-order valence-corrected chi connectivity index (χ2v) is 11.2. The summed E-state index contributed by atoms with van der Waals surface area (Å²) in [6.45, 7) is 1.90. The van der Waals surface area contributed by atoms with Crippen molar-refractivity contribution in [3.8, 4) is 5.88 Å². The molecule has 0 spiro atoms. The van der Waals surface area contributed by atoms with Gasteiger partial charge in [0.2, 0.25) is 0 Å². The molecular formula is C19H19ClN8O7S3. The number of carbonyl (C=O) groups excluding carboxylic acids is 2. The van der Waals surface area contributed by atoms with Crippen molar-refractivity contribution in [2.75, 3.05) is 24.3 Å². The molecule has 15 nitrogen and oxygen atoms in total. The number of aromatic hydroxyl groups is 1. The molecule has 1 fully saturated rings. The lowest BCUT2D eigenvalue weighted by Gasteiger charge is -2.49. The Hall–Kier alpha value is -3.35. The number of aromatic nitrogens is 4. The highest BCUT2D eigenvalue weighted by atomic mass is 35.5. The van der Waals surface area contributed by atoms with Gasteiger partial charge in [-0.25, -0.2) is 9.78 Å². The number of hydrogen-bond donors (Lipinski definition) is 4. The van der Waals surface area contributed by atoms with E-state index in [1.807, 2.05) is 0 Å². The van der Waals surface area contributed by atoms with Crippen LogP contribution in [0.1, 0.15) is 12.6 Å². The zero-order chi connectivity index (χ0) is 27.7. The highest BCUT2D eigenvalue weighted by Gasteiger charge is 2.54. The molecule has 1 unspecified atom stereocenters. The molecular weight excluding hydrogens is 584 g/mol. The van der Waals surface area contributed by atoms with E-state index in [-0.39, 0.29) is 49.8 Å². The number of nitrogens with one attached hydrogen (secondary N) is 1. The van der Waals surface area contributed by atoms with Gasteiger partial charge in [-0.2, -0.15) is 0 Å².